The molecular formula is C37H37ClN2O10. The molecule has 3 aliphatic heterocycles. The van der Waals surface area contributed by atoms with E-state index in [-0.39, 0.29) is 81.1 Å². The second kappa shape index (κ2) is 12.4. The molecule has 4 heterocycles. The number of fused-ring (bicyclic) bond motifs is 5. The van der Waals surface area contributed by atoms with Crippen molar-refractivity contribution in [1.82, 2.24) is 9.47 Å². The molecule has 2 aromatic carbocycles. The Morgan fingerprint density at radius 1 is 1.00 bits per heavy atom. The van der Waals surface area contributed by atoms with Crippen molar-refractivity contribution in [2.45, 2.75) is 50.2 Å². The molecule has 2 bridgehead atoms. The molecular weight excluding hydrogens is 668 g/mol. The van der Waals surface area contributed by atoms with Gasteiger partial charge in [0.2, 0.25) is 17.3 Å². The number of likely N-dealkylation sites (tertiary alicyclic amines) is 1. The molecule has 5 atom stereocenters. The van der Waals surface area contributed by atoms with Gasteiger partial charge < -0.3 is 38.6 Å². The van der Waals surface area contributed by atoms with Gasteiger partial charge in [-0.3, -0.25) is 19.2 Å². The molecule has 262 valence electrons. The van der Waals surface area contributed by atoms with E-state index in [9.17, 15) is 29.4 Å². The number of ether oxygens (including phenoxy) is 4. The van der Waals surface area contributed by atoms with E-state index >= 15 is 0 Å². The largest absolute Gasteiger partial charge is 0.507 e. The van der Waals surface area contributed by atoms with Crippen LogP contribution in [-0.4, -0.2) is 77.2 Å². The first-order valence-electron chi connectivity index (χ1n) is 16.4. The Kier molecular flexibility index (Phi) is 8.32. The monoisotopic (exact) mass is 704 g/mol. The molecule has 1 aliphatic carbocycles. The van der Waals surface area contributed by atoms with Crippen molar-refractivity contribution >= 4 is 29.1 Å². The van der Waals surface area contributed by atoms with Crippen LogP contribution in [0.15, 0.2) is 58.6 Å². The molecule has 2 N–H and O–H groups in total. The topological polar surface area (TPSA) is 154 Å². The van der Waals surface area contributed by atoms with Crippen molar-refractivity contribution in [1.29, 1.82) is 0 Å². The first-order chi connectivity index (χ1) is 23.9. The van der Waals surface area contributed by atoms with Gasteiger partial charge in [-0.1, -0.05) is 30.7 Å². The van der Waals surface area contributed by atoms with Crippen molar-refractivity contribution in [3.63, 3.8) is 0 Å². The van der Waals surface area contributed by atoms with Crippen LogP contribution in [0.4, 0.5) is 0 Å². The molecule has 0 saturated carbocycles. The van der Waals surface area contributed by atoms with Gasteiger partial charge >= 0.3 is 0 Å². The lowest BCUT2D eigenvalue weighted by atomic mass is 9.69. The van der Waals surface area contributed by atoms with Gasteiger partial charge in [0.05, 0.1) is 21.3 Å². The van der Waals surface area contributed by atoms with Gasteiger partial charge in [-0.15, -0.1) is 0 Å². The van der Waals surface area contributed by atoms with E-state index in [4.69, 9.17) is 30.5 Å². The number of hydrogen-bond donors (Lipinski definition) is 2. The zero-order valence-electron chi connectivity index (χ0n) is 28.0. The lowest BCUT2D eigenvalue weighted by Crippen LogP contribution is -2.53. The highest BCUT2D eigenvalue weighted by atomic mass is 35.5. The summed E-state index contributed by atoms with van der Waals surface area (Å²) in [6.07, 6.45) is 0.409. The first-order valence-corrected chi connectivity index (χ1v) is 16.8. The summed E-state index contributed by atoms with van der Waals surface area (Å²) in [4.78, 5) is 57.1. The van der Waals surface area contributed by atoms with Gasteiger partial charge in [-0.05, 0) is 36.1 Å². The number of aromatic hydroxyl groups is 1. The summed E-state index contributed by atoms with van der Waals surface area (Å²) in [7, 11) is 4.15. The highest BCUT2D eigenvalue weighted by molar-refractivity contribution is 6.35. The number of amides is 1. The average molecular weight is 705 g/mol. The number of aromatic nitrogens is 1. The SMILES string of the molecule is COc1cc(C(CC(=O)N2C[C@H]3C[C@@H](C2)c2cccc(=O)n2C3)C2=C(O)C3(Oc4c(Cl)c(OC)cc(OC)c4C3=O)C(C)CC2=O)ccc1O. The Morgan fingerprint density at radius 3 is 2.46 bits per heavy atom. The number of carbonyl (C=O) groups excluding carboxylic acids is 3. The van der Waals surface area contributed by atoms with Crippen LogP contribution < -0.4 is 24.5 Å². The molecule has 1 spiro atoms. The number of phenolic OH excluding ortho intramolecular Hbond substituents is 1. The van der Waals surface area contributed by atoms with E-state index in [0.717, 1.165) is 12.1 Å². The minimum atomic E-state index is -2.05. The maximum atomic E-state index is 14.4. The zero-order valence-corrected chi connectivity index (χ0v) is 28.8. The highest BCUT2D eigenvalue weighted by Gasteiger charge is 2.61. The van der Waals surface area contributed by atoms with Gasteiger partial charge in [0, 0.05) is 73.6 Å². The Morgan fingerprint density at radius 2 is 1.74 bits per heavy atom. The molecule has 1 saturated heterocycles. The molecule has 13 heteroatoms. The van der Waals surface area contributed by atoms with Crippen LogP contribution in [0.1, 0.15) is 59.6 Å². The predicted molar refractivity (Wildman–Crippen MR) is 181 cm³/mol. The number of pyridine rings is 1. The zero-order chi connectivity index (χ0) is 35.6. The average Bonchev–Trinajstić information content (AvgIpc) is 3.42. The number of phenols is 1. The summed E-state index contributed by atoms with van der Waals surface area (Å²) in [5, 5.41) is 22.7. The summed E-state index contributed by atoms with van der Waals surface area (Å²) < 4.78 is 24.4. The molecule has 3 unspecified atom stereocenters. The van der Waals surface area contributed by atoms with Crippen molar-refractivity contribution in [2.75, 3.05) is 34.4 Å². The Bertz CT molecular complexity index is 2040. The summed E-state index contributed by atoms with van der Waals surface area (Å²) in [6.45, 7) is 2.92. The number of piperidine rings is 1. The summed E-state index contributed by atoms with van der Waals surface area (Å²) in [6, 6.07) is 11.1. The number of aliphatic hydroxyl groups excluding tert-OH is 1. The molecule has 0 radical (unpaired) electrons. The quantitative estimate of drug-likeness (QED) is 0.351. The van der Waals surface area contributed by atoms with Crippen molar-refractivity contribution in [2.24, 2.45) is 11.8 Å². The molecule has 1 amide bonds. The first kappa shape index (κ1) is 33.5. The third-order valence-electron chi connectivity index (χ3n) is 10.7. The number of aliphatic hydroxyl groups is 1. The fourth-order valence-corrected chi connectivity index (χ4v) is 8.50. The summed E-state index contributed by atoms with van der Waals surface area (Å²) in [5.41, 5.74) is -0.974. The lowest BCUT2D eigenvalue weighted by Gasteiger charge is -2.43. The Labute approximate surface area is 292 Å². The summed E-state index contributed by atoms with van der Waals surface area (Å²) >= 11 is 6.62. The number of rotatable bonds is 7. The van der Waals surface area contributed by atoms with E-state index in [1.807, 2.05) is 6.07 Å². The maximum absolute atomic E-state index is 14.4. The van der Waals surface area contributed by atoms with Crippen molar-refractivity contribution in [3.8, 4) is 28.7 Å². The number of carbonyl (C=O) groups is 3. The van der Waals surface area contributed by atoms with Crippen LogP contribution in [0.5, 0.6) is 28.7 Å². The Hall–Kier alpha value is -4.97. The van der Waals surface area contributed by atoms with Crippen LogP contribution in [0.25, 0.3) is 0 Å². The summed E-state index contributed by atoms with van der Waals surface area (Å²) in [5.74, 6) is -3.66. The van der Waals surface area contributed by atoms with E-state index in [1.165, 1.54) is 45.6 Å². The second-order valence-electron chi connectivity index (χ2n) is 13.4. The van der Waals surface area contributed by atoms with Crippen LogP contribution >= 0.6 is 11.6 Å². The predicted octanol–water partition coefficient (Wildman–Crippen LogP) is 4.79. The minimum absolute atomic E-state index is 0.00135. The number of Topliss-reactive ketones (excluding diaryl/α,β-unsaturated/α-hetero) is 2. The minimum Gasteiger partial charge on any atom is -0.507 e. The number of methoxy groups -OCH3 is 3. The van der Waals surface area contributed by atoms with E-state index in [2.05, 4.69) is 0 Å². The molecule has 1 aromatic heterocycles. The Balaban J connectivity index is 1.32. The normalized spacial score (nSPS) is 24.4. The van der Waals surface area contributed by atoms with Crippen LogP contribution in [0.2, 0.25) is 5.02 Å². The van der Waals surface area contributed by atoms with Crippen molar-refractivity contribution < 1.29 is 43.5 Å². The molecule has 12 nitrogen and oxygen atoms in total. The lowest BCUT2D eigenvalue weighted by molar-refractivity contribution is -0.134. The third kappa shape index (κ3) is 5.02. The van der Waals surface area contributed by atoms with Gasteiger partial charge in [0.15, 0.2) is 28.8 Å². The third-order valence-corrected chi connectivity index (χ3v) is 11.0. The highest BCUT2D eigenvalue weighted by Crippen LogP contribution is 2.56. The molecule has 50 heavy (non-hydrogen) atoms. The molecule has 3 aromatic rings. The van der Waals surface area contributed by atoms with Crippen molar-refractivity contribution in [3.05, 3.63) is 86.0 Å². The smallest absolute Gasteiger partial charge is 0.250 e. The number of halogens is 1. The number of benzene rings is 2. The van der Waals surface area contributed by atoms with Gasteiger partial charge in [0.25, 0.3) is 5.56 Å². The molecule has 1 fully saturated rings. The second-order valence-corrected chi connectivity index (χ2v) is 13.8. The van der Waals surface area contributed by atoms with Gasteiger partial charge in [-0.25, -0.2) is 0 Å². The standard InChI is InChI=1S/C37H37ClN2O10/c1-18-10-25(42)31(35(45)37(18)36(46)32-27(48-3)14-28(49-4)33(38)34(32)50-37)22(20-8-9-24(41)26(12-20)47-2)13-30(44)39-15-19-11-21(17-39)23-6-5-7-29(43)40(23)16-19/h5-9,12,14,18-19,21-22,41,45H,10-11,13,15-17H2,1-4H3/t18?,19-,21+,22?,37?/m1/s1. The number of hydrogen-bond acceptors (Lipinski definition) is 10. The number of nitrogens with zero attached hydrogens (tertiary/aromatic N) is 2. The number of ketones is 2. The fourth-order valence-electron chi connectivity index (χ4n) is 8.24. The van der Waals surface area contributed by atoms with E-state index < -0.39 is 34.8 Å². The fraction of sp³-hybridized carbons (Fsp3) is 0.405. The molecule has 7 rings (SSSR count). The van der Waals surface area contributed by atoms with Crippen LogP contribution in [0.3, 0.4) is 0 Å². The van der Waals surface area contributed by atoms with Crippen LogP contribution in [-0.2, 0) is 16.1 Å². The maximum Gasteiger partial charge on any atom is 0.250 e. The van der Waals surface area contributed by atoms with Crippen LogP contribution in [0, 0.1) is 11.8 Å². The van der Waals surface area contributed by atoms with Gasteiger partial charge in [0.1, 0.15) is 22.1 Å². The van der Waals surface area contributed by atoms with E-state index in [0.29, 0.717) is 25.2 Å². The number of allylic oxidation sites excluding steroid dienone is 1. The molecule has 4 aliphatic rings. The van der Waals surface area contributed by atoms with E-state index in [1.54, 1.807) is 28.5 Å². The van der Waals surface area contributed by atoms with Gasteiger partial charge in [-0.2, -0.15) is 0 Å².